The van der Waals surface area contributed by atoms with Crippen LogP contribution in [0.3, 0.4) is 0 Å². The van der Waals surface area contributed by atoms with Crippen LogP contribution in [0.5, 0.6) is 11.5 Å². The molecule has 0 aliphatic carbocycles. The molecule has 43 heavy (non-hydrogen) atoms. The van der Waals surface area contributed by atoms with Crippen molar-refractivity contribution in [2.45, 2.75) is 77.2 Å². The summed E-state index contributed by atoms with van der Waals surface area (Å²) in [6.07, 6.45) is 4.67. The highest BCUT2D eigenvalue weighted by atomic mass is 19.3. The third kappa shape index (κ3) is 8.05. The van der Waals surface area contributed by atoms with Crippen LogP contribution in [0.25, 0.3) is 22.3 Å². The lowest BCUT2D eigenvalue weighted by Crippen LogP contribution is -2.38. The van der Waals surface area contributed by atoms with E-state index in [1.54, 1.807) is 0 Å². The van der Waals surface area contributed by atoms with E-state index in [-0.39, 0.29) is 41.8 Å². The Labute approximate surface area is 249 Å². The van der Waals surface area contributed by atoms with E-state index in [9.17, 15) is 26.3 Å². The van der Waals surface area contributed by atoms with Gasteiger partial charge in [0.05, 0.1) is 25.9 Å². The maximum Gasteiger partial charge on any atom is 0.256 e. The molecule has 3 aromatic carbocycles. The lowest BCUT2D eigenvalue weighted by Gasteiger charge is -2.33. The monoisotopic (exact) mass is 608 g/mol. The molecule has 0 radical (unpaired) electrons. The number of hydrogen-bond donors (Lipinski definition) is 0. The summed E-state index contributed by atoms with van der Waals surface area (Å²) in [7, 11) is 0. The van der Waals surface area contributed by atoms with E-state index in [1.807, 2.05) is 13.8 Å². The molecular weight excluding hydrogens is 570 g/mol. The number of rotatable bonds is 14. The van der Waals surface area contributed by atoms with Crippen LogP contribution in [0.15, 0.2) is 48.5 Å². The quantitative estimate of drug-likeness (QED) is 0.135. The topological polar surface area (TPSA) is 27.7 Å². The minimum Gasteiger partial charge on any atom is -0.490 e. The fraction of sp³-hybridized carbons (Fsp3) is 0.471. The van der Waals surface area contributed by atoms with E-state index in [1.165, 1.54) is 48.5 Å². The van der Waals surface area contributed by atoms with Crippen LogP contribution < -0.4 is 9.47 Å². The third-order valence-electron chi connectivity index (χ3n) is 7.88. The molecule has 0 amide bonds. The van der Waals surface area contributed by atoms with Crippen LogP contribution >= 0.6 is 0 Å². The zero-order chi connectivity index (χ0) is 31.0. The van der Waals surface area contributed by atoms with Crippen LogP contribution in [-0.4, -0.2) is 31.8 Å². The van der Waals surface area contributed by atoms with Crippen LogP contribution in [0.2, 0.25) is 0 Å². The molecule has 1 aliphatic rings. The maximum atomic E-state index is 15.0. The van der Waals surface area contributed by atoms with Gasteiger partial charge in [-0.25, -0.2) is 17.6 Å². The van der Waals surface area contributed by atoms with Crippen molar-refractivity contribution in [3.8, 4) is 33.8 Å². The molecule has 0 N–H and O–H groups in total. The van der Waals surface area contributed by atoms with Gasteiger partial charge in [-0.05, 0) is 61.1 Å². The number of alkyl halides is 2. The maximum absolute atomic E-state index is 15.0. The van der Waals surface area contributed by atoms with Crippen molar-refractivity contribution >= 4 is 0 Å². The molecule has 2 atom stereocenters. The summed E-state index contributed by atoms with van der Waals surface area (Å²) in [5.74, 6) is -9.29. The Balaban J connectivity index is 1.38. The number of hydrogen-bond acceptors (Lipinski definition) is 3. The minimum absolute atomic E-state index is 0.00211. The van der Waals surface area contributed by atoms with Crippen molar-refractivity contribution in [1.82, 2.24) is 0 Å². The molecule has 1 saturated heterocycles. The van der Waals surface area contributed by atoms with E-state index >= 15 is 0 Å². The Morgan fingerprint density at radius 2 is 1.26 bits per heavy atom. The molecule has 0 saturated carbocycles. The van der Waals surface area contributed by atoms with Gasteiger partial charge >= 0.3 is 0 Å². The number of ether oxygens (including phenoxy) is 3. The van der Waals surface area contributed by atoms with E-state index in [2.05, 4.69) is 0 Å². The molecule has 3 aromatic rings. The van der Waals surface area contributed by atoms with Crippen molar-refractivity contribution in [2.24, 2.45) is 5.92 Å². The SMILES string of the molecule is CCCCCOc1ccc(-c2ccc(-c3ccc(OCCC(F)(F)C4CCC(CCC)OC4)c(F)c3F)cc2)c(F)c1F. The molecule has 234 valence electrons. The van der Waals surface area contributed by atoms with Crippen molar-refractivity contribution in [1.29, 1.82) is 0 Å². The zero-order valence-electron chi connectivity index (χ0n) is 24.5. The summed E-state index contributed by atoms with van der Waals surface area (Å²) in [5, 5.41) is 0. The first-order valence-corrected chi connectivity index (χ1v) is 15.0. The Bertz CT molecular complexity index is 1340. The van der Waals surface area contributed by atoms with Gasteiger partial charge in [-0.1, -0.05) is 57.4 Å². The first-order chi connectivity index (χ1) is 20.7. The summed E-state index contributed by atoms with van der Waals surface area (Å²) < 4.78 is 105. The summed E-state index contributed by atoms with van der Waals surface area (Å²) in [4.78, 5) is 0. The largest absolute Gasteiger partial charge is 0.490 e. The van der Waals surface area contributed by atoms with E-state index < -0.39 is 53.9 Å². The van der Waals surface area contributed by atoms with Crippen LogP contribution in [0.4, 0.5) is 26.3 Å². The van der Waals surface area contributed by atoms with Gasteiger partial charge in [0.15, 0.2) is 23.1 Å². The molecular formula is C34H38F6O3. The molecule has 1 heterocycles. The fourth-order valence-electron chi connectivity index (χ4n) is 5.29. The Morgan fingerprint density at radius 1 is 0.698 bits per heavy atom. The van der Waals surface area contributed by atoms with Gasteiger partial charge in [0.25, 0.3) is 5.92 Å². The minimum atomic E-state index is -3.06. The fourth-order valence-corrected chi connectivity index (χ4v) is 5.29. The van der Waals surface area contributed by atoms with Gasteiger partial charge in [-0.3, -0.25) is 0 Å². The predicted molar refractivity (Wildman–Crippen MR) is 155 cm³/mol. The van der Waals surface area contributed by atoms with Gasteiger partial charge in [-0.2, -0.15) is 8.78 Å². The summed E-state index contributed by atoms with van der Waals surface area (Å²) in [5.41, 5.74) is 0.528. The van der Waals surface area contributed by atoms with Crippen LogP contribution in [0.1, 0.15) is 65.2 Å². The molecule has 9 heteroatoms. The molecule has 3 nitrogen and oxygen atoms in total. The molecule has 1 fully saturated rings. The van der Waals surface area contributed by atoms with Crippen LogP contribution in [0, 0.1) is 29.2 Å². The van der Waals surface area contributed by atoms with Gasteiger partial charge < -0.3 is 14.2 Å². The summed E-state index contributed by atoms with van der Waals surface area (Å²) in [6.45, 7) is 3.81. The standard InChI is InChI=1S/C34H38F6O3/c1-3-5-6-19-41-28-16-14-26(30(35)32(28)37)22-8-10-23(11-9-22)27-15-17-29(33(38)31(27)36)42-20-18-34(39,40)24-12-13-25(7-4-2)43-21-24/h8-11,14-17,24-25H,3-7,12-13,18-21H2,1-2H3. The third-order valence-corrected chi connectivity index (χ3v) is 7.88. The molecule has 2 unspecified atom stereocenters. The number of unbranched alkanes of at least 4 members (excludes halogenated alkanes) is 2. The number of halogens is 6. The molecule has 0 spiro atoms. The first kappa shape index (κ1) is 32.7. The van der Waals surface area contributed by atoms with Crippen LogP contribution in [-0.2, 0) is 4.74 Å². The second kappa shape index (κ2) is 15.0. The smallest absolute Gasteiger partial charge is 0.256 e. The Hall–Kier alpha value is -3.20. The molecule has 4 rings (SSSR count). The lowest BCUT2D eigenvalue weighted by atomic mass is 9.90. The van der Waals surface area contributed by atoms with E-state index in [0.717, 1.165) is 32.1 Å². The second-order valence-corrected chi connectivity index (χ2v) is 11.0. The lowest BCUT2D eigenvalue weighted by molar-refractivity contribution is -0.136. The van der Waals surface area contributed by atoms with Crippen molar-refractivity contribution in [2.75, 3.05) is 19.8 Å². The Morgan fingerprint density at radius 3 is 1.74 bits per heavy atom. The normalized spacial score (nSPS) is 17.2. The highest BCUT2D eigenvalue weighted by Crippen LogP contribution is 2.37. The number of benzene rings is 3. The highest BCUT2D eigenvalue weighted by molar-refractivity contribution is 5.72. The van der Waals surface area contributed by atoms with Crippen molar-refractivity contribution < 1.29 is 40.6 Å². The molecule has 0 aromatic heterocycles. The zero-order valence-corrected chi connectivity index (χ0v) is 24.5. The summed E-state index contributed by atoms with van der Waals surface area (Å²) >= 11 is 0. The summed E-state index contributed by atoms with van der Waals surface area (Å²) in [6, 6.07) is 11.1. The van der Waals surface area contributed by atoms with Gasteiger partial charge in [-0.15, -0.1) is 0 Å². The van der Waals surface area contributed by atoms with E-state index in [4.69, 9.17) is 14.2 Å². The molecule has 1 aliphatic heterocycles. The predicted octanol–water partition coefficient (Wildman–Crippen LogP) is 10.1. The Kier molecular flexibility index (Phi) is 11.4. The van der Waals surface area contributed by atoms with Crippen molar-refractivity contribution in [3.05, 3.63) is 71.8 Å². The molecule has 0 bridgehead atoms. The van der Waals surface area contributed by atoms with Gasteiger partial charge in [0, 0.05) is 23.5 Å². The van der Waals surface area contributed by atoms with Crippen molar-refractivity contribution in [3.63, 3.8) is 0 Å². The second-order valence-electron chi connectivity index (χ2n) is 11.0. The van der Waals surface area contributed by atoms with Gasteiger partial charge in [0.2, 0.25) is 11.6 Å². The highest BCUT2D eigenvalue weighted by Gasteiger charge is 2.41. The average molecular weight is 609 g/mol. The van der Waals surface area contributed by atoms with Gasteiger partial charge in [0.1, 0.15) is 0 Å². The first-order valence-electron chi connectivity index (χ1n) is 15.0. The average Bonchev–Trinajstić information content (AvgIpc) is 3.00. The van der Waals surface area contributed by atoms with E-state index in [0.29, 0.717) is 18.4 Å².